The van der Waals surface area contributed by atoms with Crippen molar-refractivity contribution in [3.8, 4) is 69.0 Å². The summed E-state index contributed by atoms with van der Waals surface area (Å²) in [6.07, 6.45) is 8.68. The van der Waals surface area contributed by atoms with E-state index in [0.717, 1.165) is 106 Å². The van der Waals surface area contributed by atoms with Gasteiger partial charge in [0, 0.05) is 265 Å². The van der Waals surface area contributed by atoms with Gasteiger partial charge in [0.2, 0.25) is 0 Å². The SMILES string of the molecule is CC#Cc1cccc(-n2nnn(C)c2=O)c1COc1cc[c-]cc1CC.Cn1nnn(-c2cccc(Br)c2COc2cc[c-]cc2C2CC2)c1=O.Cn1nnn(-c2cccc(Cl)c2COc2cc[c-]cc2C2CC2)c1=O.Cn1nnn(-c2cccc(F)c2COc2cc[c-]cc2C2CC2)c1=O.[C-]#[N+]c1cccc(-n2nnn(C)c2=O)c1COc1cc[c-]cc1CC.[Y].[Y].[Y].[Y].[Y]. The fourth-order valence-corrected chi connectivity index (χ4v) is 14.2. The quantitative estimate of drug-likeness (QED) is 0.0379. The number of rotatable bonds is 25. The van der Waals surface area contributed by atoms with Gasteiger partial charge in [-0.05, 0) is 114 Å². The minimum absolute atomic E-state index is 0. The molecule has 15 aromatic rings. The summed E-state index contributed by atoms with van der Waals surface area (Å²) in [4.78, 5) is 64.5. The molecule has 0 saturated heterocycles. The molecule has 3 aliphatic carbocycles. The van der Waals surface area contributed by atoms with Crippen LogP contribution in [0.5, 0.6) is 28.7 Å². The first kappa shape index (κ1) is 106. The standard InChI is InChI=1S/C20H19N4O2.C18H16BrN4O2.C18H16ClN4O2.C18H16FN4O2.C18H16N5O2.5Y/c1-4-9-16-11-8-12-18(24-20(25)23(3)21-22-24)17(16)14-26-19-13-7-6-10-15(19)5-2;3*1-22-18(24)23(21-20-22)16-7-4-6-15(19)14(16)11-25-17-8-3-2-5-13(17)12-9-10-12;1-4-13-8-5-6-11-17(13)25-12-14-15(19-2)9-7-10-16(14)23-18(24)22(3)20-21-23;;;;;/h7-8,10-13H,5,14H2,1-3H3;3*3-8,12H,9-11H2,1H3;6-11H,4,12H2,1,3H3;;;;;/q5*-1;;;;;. The van der Waals surface area contributed by atoms with Crippen LogP contribution in [0.3, 0.4) is 0 Å². The van der Waals surface area contributed by atoms with Gasteiger partial charge in [0.25, 0.3) is 0 Å². The Morgan fingerprint density at radius 1 is 0.405 bits per heavy atom. The molecule has 0 unspecified atom stereocenters. The Labute approximate surface area is 892 Å². The summed E-state index contributed by atoms with van der Waals surface area (Å²) in [5, 5.41) is 38.7. The molecule has 0 spiro atoms. The van der Waals surface area contributed by atoms with E-state index >= 15 is 0 Å². The number of hydrogen-bond donors (Lipinski definition) is 0. The Bertz CT molecular complexity index is 6500. The molecule has 5 radical (unpaired) electrons. The number of tetrazole rings is 5. The van der Waals surface area contributed by atoms with E-state index in [1.54, 1.807) is 82.7 Å². The molecule has 18 rings (SSSR count). The first-order valence-electron chi connectivity index (χ1n) is 40.2. The molecule has 39 heteroatoms. The minimum Gasteiger partial charge on any atom is -0.515 e. The van der Waals surface area contributed by atoms with Gasteiger partial charge in [0.15, 0.2) is 5.69 Å². The molecule has 31 nitrogen and oxygen atoms in total. The first-order valence-corrected chi connectivity index (χ1v) is 41.4. The topological polar surface area (TPSA) is 314 Å². The normalized spacial score (nSPS) is 12.0. The second kappa shape index (κ2) is 50.2. The zero-order chi connectivity index (χ0) is 88.5. The summed E-state index contributed by atoms with van der Waals surface area (Å²) in [5.74, 6) is 11.1. The molecule has 10 aromatic carbocycles. The van der Waals surface area contributed by atoms with E-state index in [9.17, 15) is 28.4 Å². The van der Waals surface area contributed by atoms with Gasteiger partial charge in [-0.25, -0.2) is 33.2 Å². The number of ether oxygens (including phenoxy) is 5. The monoisotopic (exact) mass is 2220 g/mol. The van der Waals surface area contributed by atoms with Crippen molar-refractivity contribution in [3.63, 3.8) is 0 Å². The minimum atomic E-state index is -0.453. The molecule has 5 heterocycles. The Balaban J connectivity index is 0.000000183. The number of aryl methyl sites for hydroxylation is 7. The maximum Gasteiger partial charge on any atom is 0.368 e. The van der Waals surface area contributed by atoms with E-state index in [2.05, 4.69) is 122 Å². The molecule has 131 heavy (non-hydrogen) atoms. The van der Waals surface area contributed by atoms with Crippen molar-refractivity contribution < 1.29 is 192 Å². The van der Waals surface area contributed by atoms with E-state index in [1.165, 1.54) is 95.8 Å². The van der Waals surface area contributed by atoms with Gasteiger partial charge in [0.05, 0.1) is 40.6 Å². The number of benzene rings is 10. The number of aromatic nitrogens is 20. The van der Waals surface area contributed by atoms with Crippen molar-refractivity contribution in [3.05, 3.63) is 353 Å². The van der Waals surface area contributed by atoms with Crippen LogP contribution in [-0.4, -0.2) is 99.0 Å². The van der Waals surface area contributed by atoms with Gasteiger partial charge in [0.1, 0.15) is 38.9 Å². The summed E-state index contributed by atoms with van der Waals surface area (Å²) in [6, 6.07) is 69.7. The molecular formula is C92H83BrClFN21O10Y5-5. The van der Waals surface area contributed by atoms with Crippen molar-refractivity contribution in [2.24, 2.45) is 35.2 Å². The molecule has 3 saturated carbocycles. The van der Waals surface area contributed by atoms with E-state index < -0.39 is 11.5 Å². The average molecular weight is 2220 g/mol. The third kappa shape index (κ3) is 26.1. The molecule has 0 N–H and O–H groups in total. The number of hydrogen-bond acceptors (Lipinski definition) is 20. The third-order valence-electron chi connectivity index (χ3n) is 20.7. The van der Waals surface area contributed by atoms with Crippen molar-refractivity contribution >= 4 is 33.2 Å². The van der Waals surface area contributed by atoms with Gasteiger partial charge in [-0.2, -0.15) is 138 Å². The van der Waals surface area contributed by atoms with Crippen molar-refractivity contribution in [1.29, 1.82) is 0 Å². The maximum absolute atomic E-state index is 14.4. The van der Waals surface area contributed by atoms with E-state index in [-0.39, 0.29) is 218 Å². The van der Waals surface area contributed by atoms with E-state index in [0.29, 0.717) is 74.6 Å². The van der Waals surface area contributed by atoms with Crippen molar-refractivity contribution in [2.75, 3.05) is 0 Å². The Morgan fingerprint density at radius 2 is 0.710 bits per heavy atom. The van der Waals surface area contributed by atoms with Crippen LogP contribution in [0.1, 0.15) is 138 Å². The van der Waals surface area contributed by atoms with Crippen LogP contribution in [0, 0.1) is 54.6 Å². The number of nitrogens with zero attached hydrogens (tertiary/aromatic N) is 21. The summed E-state index contributed by atoms with van der Waals surface area (Å²) in [6.45, 7) is 14.2. The van der Waals surface area contributed by atoms with Crippen LogP contribution >= 0.6 is 27.5 Å². The number of halogens is 3. The predicted molar refractivity (Wildman–Crippen MR) is 467 cm³/mol. The molecule has 5 aromatic heterocycles. The Hall–Kier alpha value is -9.18. The second-order valence-electron chi connectivity index (χ2n) is 29.2. The van der Waals surface area contributed by atoms with Crippen LogP contribution < -0.4 is 52.1 Å². The van der Waals surface area contributed by atoms with Gasteiger partial charge >= 0.3 is 28.4 Å². The maximum atomic E-state index is 14.4. The van der Waals surface area contributed by atoms with Crippen LogP contribution in [0.4, 0.5) is 10.1 Å². The van der Waals surface area contributed by atoms with Crippen LogP contribution in [0.2, 0.25) is 5.02 Å². The molecule has 0 atom stereocenters. The van der Waals surface area contributed by atoms with Crippen LogP contribution in [0.25, 0.3) is 33.3 Å². The smallest absolute Gasteiger partial charge is 0.368 e. The van der Waals surface area contributed by atoms with Gasteiger partial charge in [-0.1, -0.05) is 153 Å². The van der Waals surface area contributed by atoms with E-state index in [1.807, 2.05) is 122 Å². The molecule has 3 aliphatic rings. The van der Waals surface area contributed by atoms with Crippen molar-refractivity contribution in [2.45, 2.75) is 123 Å². The zero-order valence-electron chi connectivity index (χ0n) is 72.7. The summed E-state index contributed by atoms with van der Waals surface area (Å²) < 4.78 is 57.1. The predicted octanol–water partition coefficient (Wildman–Crippen LogP) is 12.9. The Morgan fingerprint density at radius 3 is 1.08 bits per heavy atom. The van der Waals surface area contributed by atoms with Crippen LogP contribution in [-0.2, 0) is 245 Å². The molecular weight excluding hydrogens is 2140 g/mol. The van der Waals surface area contributed by atoms with Crippen molar-refractivity contribution in [1.82, 2.24) is 99.0 Å². The fourth-order valence-electron chi connectivity index (χ4n) is 13.5. The third-order valence-corrected chi connectivity index (χ3v) is 21.8. The Kier molecular flexibility index (Phi) is 40.5. The zero-order valence-corrected chi connectivity index (χ0v) is 89.3. The summed E-state index contributed by atoms with van der Waals surface area (Å²) >= 11 is 9.92. The first-order chi connectivity index (χ1) is 61.2. The van der Waals surface area contributed by atoms with Crippen LogP contribution in [0.15, 0.2) is 210 Å². The molecule has 0 aliphatic heterocycles. The summed E-state index contributed by atoms with van der Waals surface area (Å²) in [7, 11) is 7.70. The summed E-state index contributed by atoms with van der Waals surface area (Å²) in [5.41, 5.74) is 10.8. The largest absolute Gasteiger partial charge is 0.515 e. The molecule has 0 bridgehead atoms. The van der Waals surface area contributed by atoms with E-state index in [4.69, 9.17) is 41.9 Å². The second-order valence-corrected chi connectivity index (χ2v) is 30.5. The average Bonchev–Trinajstić information content (AvgIpc) is 1.73. The van der Waals surface area contributed by atoms with Gasteiger partial charge in [-0.3, -0.25) is 0 Å². The molecule has 657 valence electrons. The van der Waals surface area contributed by atoms with Gasteiger partial charge < -0.3 is 23.7 Å². The molecule has 0 amide bonds. The van der Waals surface area contributed by atoms with Gasteiger partial charge in [-0.15, -0.1) is 64.1 Å². The fraction of sp³-hybridized carbons (Fsp3) is 0.261. The molecule has 3 fully saturated rings.